The summed E-state index contributed by atoms with van der Waals surface area (Å²) in [6.45, 7) is 7.63. The van der Waals surface area contributed by atoms with Crippen LogP contribution in [0.4, 0.5) is 0 Å². The number of hydrogen-bond donors (Lipinski definition) is 1. The molecule has 1 saturated heterocycles. The fourth-order valence-corrected chi connectivity index (χ4v) is 2.34. The van der Waals surface area contributed by atoms with Crippen LogP contribution < -0.4 is 5.32 Å². The molecule has 0 spiro atoms. The molecular weight excluding hydrogens is 224 g/mol. The molecule has 2 rings (SSSR count). The molecule has 0 aromatic heterocycles. The molecule has 1 amide bonds. The first-order chi connectivity index (χ1) is 8.72. The average molecular weight is 246 g/mol. The highest BCUT2D eigenvalue weighted by Gasteiger charge is 2.22. The third-order valence-electron chi connectivity index (χ3n) is 3.69. The van der Waals surface area contributed by atoms with Gasteiger partial charge in [0.2, 0.25) is 5.91 Å². The molecule has 0 saturated carbocycles. The Kier molecular flexibility index (Phi) is 4.37. The van der Waals surface area contributed by atoms with Crippen molar-refractivity contribution >= 4 is 5.91 Å². The zero-order valence-electron chi connectivity index (χ0n) is 11.3. The van der Waals surface area contributed by atoms with E-state index >= 15 is 0 Å². The Bertz CT molecular complexity index is 393. The highest BCUT2D eigenvalue weighted by atomic mass is 16.2. The molecule has 1 fully saturated rings. The number of piperazine rings is 1. The van der Waals surface area contributed by atoms with Crippen molar-refractivity contribution in [2.75, 3.05) is 26.2 Å². The summed E-state index contributed by atoms with van der Waals surface area (Å²) in [5.41, 5.74) is 2.44. The van der Waals surface area contributed by atoms with Crippen LogP contribution in [0.25, 0.3) is 0 Å². The number of carbonyl (C=O) groups excluding carboxylic acids is 1. The maximum Gasteiger partial charge on any atom is 0.229 e. The molecule has 1 aromatic rings. The first-order valence-corrected chi connectivity index (χ1v) is 6.80. The van der Waals surface area contributed by atoms with Crippen molar-refractivity contribution in [1.29, 1.82) is 0 Å². The molecule has 3 nitrogen and oxygen atoms in total. The van der Waals surface area contributed by atoms with E-state index in [9.17, 15) is 4.79 Å². The van der Waals surface area contributed by atoms with E-state index in [2.05, 4.69) is 36.5 Å². The van der Waals surface area contributed by atoms with Gasteiger partial charge in [-0.25, -0.2) is 0 Å². The van der Waals surface area contributed by atoms with Crippen LogP contribution in [0, 0.1) is 0 Å². The lowest BCUT2D eigenvalue weighted by molar-refractivity contribution is -0.133. The quantitative estimate of drug-likeness (QED) is 0.882. The van der Waals surface area contributed by atoms with Crippen LogP contribution in [0.5, 0.6) is 0 Å². The largest absolute Gasteiger partial charge is 0.340 e. The summed E-state index contributed by atoms with van der Waals surface area (Å²) in [4.78, 5) is 14.3. The molecule has 1 aromatic carbocycles. The Morgan fingerprint density at radius 2 is 1.89 bits per heavy atom. The van der Waals surface area contributed by atoms with Gasteiger partial charge in [-0.3, -0.25) is 4.79 Å². The molecule has 3 heteroatoms. The van der Waals surface area contributed by atoms with Gasteiger partial charge >= 0.3 is 0 Å². The van der Waals surface area contributed by atoms with Gasteiger partial charge in [-0.15, -0.1) is 0 Å². The van der Waals surface area contributed by atoms with E-state index in [-0.39, 0.29) is 11.8 Å². The second kappa shape index (κ2) is 6.01. The number of amides is 1. The highest BCUT2D eigenvalue weighted by Crippen LogP contribution is 2.19. The highest BCUT2D eigenvalue weighted by molar-refractivity contribution is 5.83. The molecule has 98 valence electrons. The normalized spacial score (nSPS) is 17.6. The smallest absolute Gasteiger partial charge is 0.229 e. The molecule has 0 bridgehead atoms. The van der Waals surface area contributed by atoms with Crippen molar-refractivity contribution in [3.8, 4) is 0 Å². The summed E-state index contributed by atoms with van der Waals surface area (Å²) >= 11 is 0. The van der Waals surface area contributed by atoms with Crippen LogP contribution in [0.3, 0.4) is 0 Å². The van der Waals surface area contributed by atoms with Gasteiger partial charge in [0.1, 0.15) is 0 Å². The van der Waals surface area contributed by atoms with Crippen molar-refractivity contribution in [2.24, 2.45) is 0 Å². The van der Waals surface area contributed by atoms with Crippen molar-refractivity contribution in [1.82, 2.24) is 10.2 Å². The van der Waals surface area contributed by atoms with E-state index in [1.54, 1.807) is 0 Å². The number of nitrogens with one attached hydrogen (secondary N) is 1. The first kappa shape index (κ1) is 13.1. The fourth-order valence-electron chi connectivity index (χ4n) is 2.34. The number of hydrogen-bond acceptors (Lipinski definition) is 2. The summed E-state index contributed by atoms with van der Waals surface area (Å²) in [7, 11) is 0. The molecule has 18 heavy (non-hydrogen) atoms. The predicted molar refractivity (Wildman–Crippen MR) is 73.7 cm³/mol. The number of aryl methyl sites for hydroxylation is 1. The first-order valence-electron chi connectivity index (χ1n) is 6.80. The Hall–Kier alpha value is -1.35. The van der Waals surface area contributed by atoms with Crippen molar-refractivity contribution in [3.05, 3.63) is 35.4 Å². The van der Waals surface area contributed by atoms with Crippen LogP contribution in [0.15, 0.2) is 24.3 Å². The van der Waals surface area contributed by atoms with E-state index in [0.717, 1.165) is 38.2 Å². The van der Waals surface area contributed by atoms with Crippen molar-refractivity contribution < 1.29 is 4.79 Å². The van der Waals surface area contributed by atoms with Crippen molar-refractivity contribution in [2.45, 2.75) is 26.2 Å². The third kappa shape index (κ3) is 2.91. The van der Waals surface area contributed by atoms with Crippen molar-refractivity contribution in [3.63, 3.8) is 0 Å². The van der Waals surface area contributed by atoms with Gasteiger partial charge in [0.25, 0.3) is 0 Å². The molecular formula is C15H22N2O. The molecule has 1 atom stereocenters. The summed E-state index contributed by atoms with van der Waals surface area (Å²) in [6.07, 6.45) is 1.04. The molecule has 1 aliphatic heterocycles. The van der Waals surface area contributed by atoms with Gasteiger partial charge < -0.3 is 10.2 Å². The van der Waals surface area contributed by atoms with Gasteiger partial charge in [-0.05, 0) is 24.5 Å². The minimum absolute atomic E-state index is 0.0333. The van der Waals surface area contributed by atoms with Gasteiger partial charge in [0.05, 0.1) is 5.92 Å². The van der Waals surface area contributed by atoms with Crippen LogP contribution >= 0.6 is 0 Å². The summed E-state index contributed by atoms with van der Waals surface area (Å²) in [5.74, 6) is 0.217. The summed E-state index contributed by atoms with van der Waals surface area (Å²) < 4.78 is 0. The predicted octanol–water partition coefficient (Wildman–Crippen LogP) is 1.78. The zero-order valence-corrected chi connectivity index (χ0v) is 11.3. The average Bonchev–Trinajstić information content (AvgIpc) is 2.47. The molecule has 1 unspecified atom stereocenters. The lowest BCUT2D eigenvalue weighted by Crippen LogP contribution is -2.47. The van der Waals surface area contributed by atoms with Crippen LogP contribution in [0.2, 0.25) is 0 Å². The molecule has 0 radical (unpaired) electrons. The molecule has 0 aliphatic carbocycles. The maximum absolute atomic E-state index is 12.4. The van der Waals surface area contributed by atoms with Gasteiger partial charge in [-0.2, -0.15) is 0 Å². The standard InChI is InChI=1S/C15H22N2O/c1-3-13-4-6-14(7-5-13)12(2)15(18)17-10-8-16-9-11-17/h4-7,12,16H,3,8-11H2,1-2H3. The van der Waals surface area contributed by atoms with E-state index < -0.39 is 0 Å². The second-order valence-corrected chi connectivity index (χ2v) is 4.89. The summed E-state index contributed by atoms with van der Waals surface area (Å²) in [6, 6.07) is 8.42. The fraction of sp³-hybridized carbons (Fsp3) is 0.533. The van der Waals surface area contributed by atoms with E-state index in [0.29, 0.717) is 0 Å². The van der Waals surface area contributed by atoms with Crippen LogP contribution in [-0.2, 0) is 11.2 Å². The van der Waals surface area contributed by atoms with Crippen LogP contribution in [-0.4, -0.2) is 37.0 Å². The minimum atomic E-state index is -0.0333. The Morgan fingerprint density at radius 1 is 1.28 bits per heavy atom. The summed E-state index contributed by atoms with van der Waals surface area (Å²) in [5, 5.41) is 3.27. The lowest BCUT2D eigenvalue weighted by Gasteiger charge is -2.30. The number of nitrogens with zero attached hydrogens (tertiary/aromatic N) is 1. The number of rotatable bonds is 3. The molecule has 1 N–H and O–H groups in total. The van der Waals surface area contributed by atoms with Gasteiger partial charge in [-0.1, -0.05) is 31.2 Å². The maximum atomic E-state index is 12.4. The molecule has 1 heterocycles. The third-order valence-corrected chi connectivity index (χ3v) is 3.69. The monoisotopic (exact) mass is 246 g/mol. The topological polar surface area (TPSA) is 32.3 Å². The lowest BCUT2D eigenvalue weighted by atomic mass is 9.97. The minimum Gasteiger partial charge on any atom is -0.340 e. The zero-order chi connectivity index (χ0) is 13.0. The van der Waals surface area contributed by atoms with E-state index in [1.165, 1.54) is 5.56 Å². The second-order valence-electron chi connectivity index (χ2n) is 4.89. The van der Waals surface area contributed by atoms with Gasteiger partial charge in [0, 0.05) is 26.2 Å². The Labute approximate surface area is 109 Å². The molecule has 1 aliphatic rings. The number of benzene rings is 1. The van der Waals surface area contributed by atoms with E-state index in [1.807, 2.05) is 11.8 Å². The van der Waals surface area contributed by atoms with Gasteiger partial charge in [0.15, 0.2) is 0 Å². The van der Waals surface area contributed by atoms with E-state index in [4.69, 9.17) is 0 Å². The van der Waals surface area contributed by atoms with Crippen LogP contribution in [0.1, 0.15) is 30.9 Å². The number of carbonyl (C=O) groups is 1. The SMILES string of the molecule is CCc1ccc(C(C)C(=O)N2CCNCC2)cc1. The Morgan fingerprint density at radius 3 is 2.44 bits per heavy atom. The Balaban J connectivity index is 2.04.